The summed E-state index contributed by atoms with van der Waals surface area (Å²) in [5.74, 6) is 0.328. The van der Waals surface area contributed by atoms with E-state index in [4.69, 9.17) is 27.9 Å². The number of carbonyl (C=O) groups excluding carboxylic acids is 1. The summed E-state index contributed by atoms with van der Waals surface area (Å²) >= 11 is 11.8. The van der Waals surface area contributed by atoms with Gasteiger partial charge in [0.1, 0.15) is 5.75 Å². The Bertz CT molecular complexity index is 525. The normalized spacial score (nSPS) is 18.7. The molecule has 2 rings (SSSR count). The maximum absolute atomic E-state index is 11.9. The first kappa shape index (κ1) is 18.4. The minimum Gasteiger partial charge on any atom is -0.482 e. The van der Waals surface area contributed by atoms with E-state index in [1.165, 1.54) is 25.7 Å². The van der Waals surface area contributed by atoms with Crippen LogP contribution in [0, 0.1) is 0 Å². The molecule has 1 saturated heterocycles. The molecule has 0 bridgehead atoms. The standard InChI is InChI=1S/C17H24Cl2N2O2/c1-2-14-5-3-4-9-21(14)10-8-20-17(22)12-23-16-7-6-13(18)11-15(16)19/h6-7,11,14H,2-5,8-10,12H2,1H3,(H,20,22). The predicted molar refractivity (Wildman–Crippen MR) is 94.5 cm³/mol. The summed E-state index contributed by atoms with van der Waals surface area (Å²) < 4.78 is 5.42. The van der Waals surface area contributed by atoms with Crippen molar-refractivity contribution >= 4 is 29.1 Å². The van der Waals surface area contributed by atoms with Crippen molar-refractivity contribution in [2.45, 2.75) is 38.6 Å². The Morgan fingerprint density at radius 1 is 1.39 bits per heavy atom. The lowest BCUT2D eigenvalue weighted by atomic mass is 10.0. The van der Waals surface area contributed by atoms with E-state index >= 15 is 0 Å². The van der Waals surface area contributed by atoms with E-state index in [2.05, 4.69) is 17.1 Å². The Morgan fingerprint density at radius 2 is 2.22 bits per heavy atom. The minimum atomic E-state index is -0.138. The lowest BCUT2D eigenvalue weighted by Gasteiger charge is -2.35. The van der Waals surface area contributed by atoms with Crippen LogP contribution < -0.4 is 10.1 Å². The first-order chi connectivity index (χ1) is 11.1. The first-order valence-electron chi connectivity index (χ1n) is 8.18. The highest BCUT2D eigenvalue weighted by atomic mass is 35.5. The van der Waals surface area contributed by atoms with Crippen molar-refractivity contribution in [1.82, 2.24) is 10.2 Å². The van der Waals surface area contributed by atoms with E-state index in [0.29, 0.717) is 28.4 Å². The number of likely N-dealkylation sites (tertiary alicyclic amines) is 1. The Morgan fingerprint density at radius 3 is 2.96 bits per heavy atom. The summed E-state index contributed by atoms with van der Waals surface area (Å²) in [5.41, 5.74) is 0. The van der Waals surface area contributed by atoms with Crippen LogP contribution in [0.1, 0.15) is 32.6 Å². The number of nitrogens with one attached hydrogen (secondary N) is 1. The van der Waals surface area contributed by atoms with Crippen molar-refractivity contribution in [3.05, 3.63) is 28.2 Å². The molecule has 1 aromatic carbocycles. The van der Waals surface area contributed by atoms with Gasteiger partial charge >= 0.3 is 0 Å². The molecule has 1 fully saturated rings. The fourth-order valence-corrected chi connectivity index (χ4v) is 3.41. The van der Waals surface area contributed by atoms with Crippen LogP contribution in [0.2, 0.25) is 10.0 Å². The van der Waals surface area contributed by atoms with Gasteiger partial charge in [-0.25, -0.2) is 0 Å². The zero-order valence-electron chi connectivity index (χ0n) is 13.5. The van der Waals surface area contributed by atoms with Gasteiger partial charge in [0, 0.05) is 24.2 Å². The number of benzene rings is 1. The van der Waals surface area contributed by atoms with Gasteiger partial charge in [-0.2, -0.15) is 0 Å². The molecule has 4 nitrogen and oxygen atoms in total. The highest BCUT2D eigenvalue weighted by Gasteiger charge is 2.20. The van der Waals surface area contributed by atoms with Gasteiger partial charge in [0.15, 0.2) is 6.61 Å². The number of nitrogens with zero attached hydrogens (tertiary/aromatic N) is 1. The molecular weight excluding hydrogens is 335 g/mol. The molecule has 0 aromatic heterocycles. The molecule has 1 heterocycles. The summed E-state index contributed by atoms with van der Waals surface area (Å²) in [4.78, 5) is 14.3. The topological polar surface area (TPSA) is 41.6 Å². The SMILES string of the molecule is CCC1CCCCN1CCNC(=O)COc1ccc(Cl)cc1Cl. The maximum atomic E-state index is 11.9. The van der Waals surface area contributed by atoms with Crippen molar-refractivity contribution in [3.63, 3.8) is 0 Å². The molecule has 6 heteroatoms. The highest BCUT2D eigenvalue weighted by molar-refractivity contribution is 6.35. The average molecular weight is 359 g/mol. The van der Waals surface area contributed by atoms with Gasteiger partial charge in [-0.05, 0) is 44.0 Å². The van der Waals surface area contributed by atoms with Crippen LogP contribution in [0.25, 0.3) is 0 Å². The first-order valence-corrected chi connectivity index (χ1v) is 8.94. The molecule has 1 aromatic rings. The third-order valence-corrected chi connectivity index (χ3v) is 4.72. The van der Waals surface area contributed by atoms with Crippen LogP contribution in [0.5, 0.6) is 5.75 Å². The highest BCUT2D eigenvalue weighted by Crippen LogP contribution is 2.27. The van der Waals surface area contributed by atoms with Crippen molar-refractivity contribution in [1.29, 1.82) is 0 Å². The van der Waals surface area contributed by atoms with E-state index in [1.807, 2.05) is 0 Å². The third kappa shape index (κ3) is 5.87. The third-order valence-electron chi connectivity index (χ3n) is 4.19. The van der Waals surface area contributed by atoms with Crippen molar-refractivity contribution in [2.24, 2.45) is 0 Å². The lowest BCUT2D eigenvalue weighted by molar-refractivity contribution is -0.123. The van der Waals surface area contributed by atoms with E-state index in [9.17, 15) is 4.79 Å². The Kier molecular flexibility index (Phi) is 7.47. The molecule has 1 aliphatic heterocycles. The van der Waals surface area contributed by atoms with Crippen LogP contribution >= 0.6 is 23.2 Å². The summed E-state index contributed by atoms with van der Waals surface area (Å²) in [6.45, 7) is 4.86. The van der Waals surface area contributed by atoms with E-state index in [1.54, 1.807) is 18.2 Å². The summed E-state index contributed by atoms with van der Waals surface area (Å²) in [5, 5.41) is 3.85. The molecular formula is C17H24Cl2N2O2. The number of amides is 1. The molecule has 1 N–H and O–H groups in total. The molecule has 1 unspecified atom stereocenters. The van der Waals surface area contributed by atoms with Gasteiger partial charge in [-0.3, -0.25) is 9.69 Å². The van der Waals surface area contributed by atoms with Crippen molar-refractivity contribution < 1.29 is 9.53 Å². The number of carbonyl (C=O) groups is 1. The van der Waals surface area contributed by atoms with Crippen LogP contribution in [-0.2, 0) is 4.79 Å². The number of hydrogen-bond acceptors (Lipinski definition) is 3. The number of hydrogen-bond donors (Lipinski definition) is 1. The van der Waals surface area contributed by atoms with Gasteiger partial charge < -0.3 is 10.1 Å². The molecule has 1 amide bonds. The average Bonchev–Trinajstić information content (AvgIpc) is 2.54. The van der Waals surface area contributed by atoms with Crippen LogP contribution in [0.4, 0.5) is 0 Å². The molecule has 0 saturated carbocycles. The molecule has 1 aliphatic rings. The second-order valence-electron chi connectivity index (χ2n) is 5.81. The zero-order chi connectivity index (χ0) is 16.7. The van der Waals surface area contributed by atoms with Crippen LogP contribution in [-0.4, -0.2) is 43.1 Å². The van der Waals surface area contributed by atoms with E-state index < -0.39 is 0 Å². The fourth-order valence-electron chi connectivity index (χ4n) is 2.94. The van der Waals surface area contributed by atoms with Gasteiger partial charge in [-0.1, -0.05) is 36.5 Å². The number of piperidine rings is 1. The molecule has 0 aliphatic carbocycles. The molecule has 0 radical (unpaired) electrons. The second-order valence-corrected chi connectivity index (χ2v) is 6.65. The van der Waals surface area contributed by atoms with Gasteiger partial charge in [-0.15, -0.1) is 0 Å². The van der Waals surface area contributed by atoms with Gasteiger partial charge in [0.2, 0.25) is 0 Å². The second kappa shape index (κ2) is 9.36. The number of halogens is 2. The Labute approximate surface area is 148 Å². The number of ether oxygens (including phenoxy) is 1. The van der Waals surface area contributed by atoms with Gasteiger partial charge in [0.25, 0.3) is 5.91 Å². The van der Waals surface area contributed by atoms with E-state index in [-0.39, 0.29) is 12.5 Å². The quantitative estimate of drug-likeness (QED) is 0.806. The van der Waals surface area contributed by atoms with Crippen LogP contribution in [0.3, 0.4) is 0 Å². The molecule has 128 valence electrons. The number of rotatable bonds is 7. The zero-order valence-corrected chi connectivity index (χ0v) is 15.0. The minimum absolute atomic E-state index is 0.0431. The lowest BCUT2D eigenvalue weighted by Crippen LogP contribution is -2.44. The predicted octanol–water partition coefficient (Wildman–Crippen LogP) is 3.75. The Hall–Kier alpha value is -0.970. The Balaban J connectivity index is 1.68. The summed E-state index contributed by atoms with van der Waals surface area (Å²) in [6.07, 6.45) is 5.01. The summed E-state index contributed by atoms with van der Waals surface area (Å²) in [6, 6.07) is 5.60. The van der Waals surface area contributed by atoms with Crippen molar-refractivity contribution in [2.75, 3.05) is 26.2 Å². The molecule has 23 heavy (non-hydrogen) atoms. The van der Waals surface area contributed by atoms with Crippen LogP contribution in [0.15, 0.2) is 18.2 Å². The fraction of sp³-hybridized carbons (Fsp3) is 0.588. The smallest absolute Gasteiger partial charge is 0.257 e. The van der Waals surface area contributed by atoms with E-state index in [0.717, 1.165) is 13.1 Å². The molecule has 1 atom stereocenters. The van der Waals surface area contributed by atoms with Gasteiger partial charge in [0.05, 0.1) is 5.02 Å². The maximum Gasteiger partial charge on any atom is 0.257 e. The largest absolute Gasteiger partial charge is 0.482 e. The monoisotopic (exact) mass is 358 g/mol. The molecule has 0 spiro atoms. The summed E-state index contributed by atoms with van der Waals surface area (Å²) in [7, 11) is 0. The van der Waals surface area contributed by atoms with Crippen molar-refractivity contribution in [3.8, 4) is 5.75 Å².